The maximum absolute atomic E-state index is 13.7. The van der Waals surface area contributed by atoms with Crippen molar-refractivity contribution in [2.75, 3.05) is 20.3 Å². The van der Waals surface area contributed by atoms with Gasteiger partial charge < -0.3 is 4.74 Å². The number of rotatable bonds is 6. The molecule has 0 heterocycles. The number of carbonyl (C=O) groups is 1. The Bertz CT molecular complexity index is 492. The molecule has 0 atom stereocenters. The van der Waals surface area contributed by atoms with Crippen LogP contribution in [0.15, 0.2) is 12.1 Å². The summed E-state index contributed by atoms with van der Waals surface area (Å²) in [6.45, 7) is 1.67. The van der Waals surface area contributed by atoms with Gasteiger partial charge in [-0.05, 0) is 12.5 Å². The van der Waals surface area contributed by atoms with E-state index in [0.29, 0.717) is 0 Å². The maximum atomic E-state index is 13.7. The van der Waals surface area contributed by atoms with Crippen LogP contribution in [0.25, 0.3) is 0 Å². The molecule has 1 aromatic carbocycles. The molecule has 104 valence electrons. The lowest BCUT2D eigenvalue weighted by Crippen LogP contribution is -2.26. The number of amides is 1. The summed E-state index contributed by atoms with van der Waals surface area (Å²) in [4.78, 5) is 26.3. The van der Waals surface area contributed by atoms with Gasteiger partial charge in [-0.2, -0.15) is 0 Å². The first-order chi connectivity index (χ1) is 8.97. The average Bonchev–Trinajstić information content (AvgIpc) is 2.37. The van der Waals surface area contributed by atoms with E-state index in [4.69, 9.17) is 4.84 Å². The van der Waals surface area contributed by atoms with E-state index in [1.54, 1.807) is 0 Å². The van der Waals surface area contributed by atoms with Gasteiger partial charge in [0.15, 0.2) is 0 Å². The van der Waals surface area contributed by atoms with Crippen molar-refractivity contribution in [2.24, 2.45) is 0 Å². The van der Waals surface area contributed by atoms with E-state index >= 15 is 0 Å². The van der Waals surface area contributed by atoms with Crippen LogP contribution in [0.5, 0.6) is 0 Å². The number of nitrogens with zero attached hydrogens (tertiary/aromatic N) is 1. The predicted octanol–water partition coefficient (Wildman–Crippen LogP) is 1.35. The fourth-order valence-corrected chi connectivity index (χ4v) is 1.32. The van der Waals surface area contributed by atoms with Crippen molar-refractivity contribution in [3.8, 4) is 0 Å². The van der Waals surface area contributed by atoms with E-state index in [9.17, 15) is 19.3 Å². The Morgan fingerprint density at radius 2 is 2.16 bits per heavy atom. The number of non-ortho nitro benzene ring substituents is 1. The van der Waals surface area contributed by atoms with Crippen LogP contribution in [0.2, 0.25) is 0 Å². The highest BCUT2D eigenvalue weighted by atomic mass is 19.1. The second-order valence-corrected chi connectivity index (χ2v) is 3.65. The van der Waals surface area contributed by atoms with Crippen LogP contribution in [0.4, 0.5) is 10.1 Å². The Morgan fingerprint density at radius 1 is 1.47 bits per heavy atom. The molecule has 0 spiro atoms. The molecule has 0 bridgehead atoms. The molecule has 0 aliphatic carbocycles. The van der Waals surface area contributed by atoms with Crippen LogP contribution in [0.1, 0.15) is 15.9 Å². The molecule has 1 aromatic rings. The molecule has 0 aliphatic heterocycles. The first-order valence-electron chi connectivity index (χ1n) is 5.33. The van der Waals surface area contributed by atoms with Gasteiger partial charge in [0.05, 0.1) is 23.7 Å². The highest BCUT2D eigenvalue weighted by Gasteiger charge is 2.19. The highest BCUT2D eigenvalue weighted by Crippen LogP contribution is 2.20. The molecular weight excluding hydrogens is 259 g/mol. The van der Waals surface area contributed by atoms with E-state index in [-0.39, 0.29) is 24.5 Å². The number of aryl methyl sites for hydroxylation is 1. The lowest BCUT2D eigenvalue weighted by Gasteiger charge is -2.07. The first-order valence-corrected chi connectivity index (χ1v) is 5.33. The number of nitrogens with one attached hydrogen (secondary N) is 1. The largest absolute Gasteiger partial charge is 0.382 e. The minimum absolute atomic E-state index is 0.0104. The topological polar surface area (TPSA) is 90.7 Å². The van der Waals surface area contributed by atoms with Crippen LogP contribution >= 0.6 is 0 Å². The summed E-state index contributed by atoms with van der Waals surface area (Å²) >= 11 is 0. The molecule has 0 aromatic heterocycles. The summed E-state index contributed by atoms with van der Waals surface area (Å²) < 4.78 is 18.4. The lowest BCUT2D eigenvalue weighted by molar-refractivity contribution is -0.385. The second kappa shape index (κ2) is 6.76. The molecular formula is C11H13FN2O5. The van der Waals surface area contributed by atoms with Crippen molar-refractivity contribution in [3.63, 3.8) is 0 Å². The Hall–Kier alpha value is -2.06. The number of halogens is 1. The van der Waals surface area contributed by atoms with E-state index in [2.05, 4.69) is 4.74 Å². The van der Waals surface area contributed by atoms with Gasteiger partial charge in [-0.1, -0.05) is 0 Å². The fourth-order valence-electron chi connectivity index (χ4n) is 1.32. The highest BCUT2D eigenvalue weighted by molar-refractivity contribution is 5.94. The number of hydroxylamine groups is 1. The Balaban J connectivity index is 2.86. The lowest BCUT2D eigenvalue weighted by atomic mass is 10.1. The number of carbonyl (C=O) groups excluding carboxylic acids is 1. The summed E-state index contributed by atoms with van der Waals surface area (Å²) in [5, 5.41) is 10.6. The molecule has 19 heavy (non-hydrogen) atoms. The summed E-state index contributed by atoms with van der Waals surface area (Å²) in [6.07, 6.45) is 0. The molecule has 1 rings (SSSR count). The van der Waals surface area contributed by atoms with Crippen molar-refractivity contribution in [1.82, 2.24) is 5.48 Å². The molecule has 0 saturated heterocycles. The summed E-state index contributed by atoms with van der Waals surface area (Å²) in [5.41, 5.74) is 1.20. The number of nitro groups is 1. The minimum Gasteiger partial charge on any atom is -0.382 e. The smallest absolute Gasteiger partial charge is 0.278 e. The number of nitro benzene ring substituents is 1. The summed E-state index contributed by atoms with van der Waals surface area (Å²) in [7, 11) is 1.45. The average molecular weight is 272 g/mol. The molecule has 1 amide bonds. The molecule has 1 N–H and O–H groups in total. The second-order valence-electron chi connectivity index (χ2n) is 3.65. The zero-order valence-electron chi connectivity index (χ0n) is 10.4. The van der Waals surface area contributed by atoms with Gasteiger partial charge in [0, 0.05) is 19.2 Å². The molecule has 7 nitrogen and oxygen atoms in total. The number of hydrogen-bond donors (Lipinski definition) is 1. The number of ether oxygens (including phenoxy) is 1. The predicted molar refractivity (Wildman–Crippen MR) is 63.1 cm³/mol. The van der Waals surface area contributed by atoms with Crippen molar-refractivity contribution in [3.05, 3.63) is 39.2 Å². The number of benzene rings is 1. The van der Waals surface area contributed by atoms with Gasteiger partial charge in [-0.3, -0.25) is 19.7 Å². The normalized spacial score (nSPS) is 10.3. The first kappa shape index (κ1) is 15.0. The molecule has 0 fully saturated rings. The number of hydrogen-bond acceptors (Lipinski definition) is 5. The van der Waals surface area contributed by atoms with Gasteiger partial charge in [0.25, 0.3) is 11.6 Å². The summed E-state index contributed by atoms with van der Waals surface area (Å²) in [6, 6.07) is 1.91. The zero-order valence-corrected chi connectivity index (χ0v) is 10.4. The van der Waals surface area contributed by atoms with E-state index in [0.717, 1.165) is 12.1 Å². The third kappa shape index (κ3) is 3.97. The standard InChI is InChI=1S/C11H13FN2O5/c1-7-5-8(14(16)17)6-9(10(7)12)11(15)13-19-4-3-18-2/h5-6H,3-4H2,1-2H3,(H,13,15). The monoisotopic (exact) mass is 272 g/mol. The molecule has 0 unspecified atom stereocenters. The van der Waals surface area contributed by atoms with Crippen molar-refractivity contribution < 1.29 is 23.7 Å². The van der Waals surface area contributed by atoms with Gasteiger partial charge in [0.1, 0.15) is 5.82 Å². The minimum atomic E-state index is -0.889. The zero-order chi connectivity index (χ0) is 14.4. The van der Waals surface area contributed by atoms with Gasteiger partial charge in [-0.25, -0.2) is 9.87 Å². The summed E-state index contributed by atoms with van der Waals surface area (Å²) in [5.74, 6) is -1.71. The molecule has 8 heteroatoms. The number of methoxy groups -OCH3 is 1. The Morgan fingerprint density at radius 3 is 2.74 bits per heavy atom. The van der Waals surface area contributed by atoms with Crippen LogP contribution in [-0.2, 0) is 9.57 Å². The SMILES string of the molecule is COCCONC(=O)c1cc([N+](=O)[O-])cc(C)c1F. The van der Waals surface area contributed by atoms with E-state index in [1.807, 2.05) is 5.48 Å². The van der Waals surface area contributed by atoms with E-state index < -0.39 is 22.2 Å². The van der Waals surface area contributed by atoms with Gasteiger partial charge >= 0.3 is 0 Å². The molecule has 0 saturated carbocycles. The Kier molecular flexibility index (Phi) is 5.34. The van der Waals surface area contributed by atoms with Crippen molar-refractivity contribution in [2.45, 2.75) is 6.92 Å². The van der Waals surface area contributed by atoms with Crippen LogP contribution in [0, 0.1) is 22.9 Å². The fraction of sp³-hybridized carbons (Fsp3) is 0.364. The molecule has 0 aliphatic rings. The Labute approximate surface area is 108 Å². The van der Waals surface area contributed by atoms with E-state index in [1.165, 1.54) is 14.0 Å². The third-order valence-electron chi connectivity index (χ3n) is 2.25. The third-order valence-corrected chi connectivity index (χ3v) is 2.25. The molecule has 0 radical (unpaired) electrons. The van der Waals surface area contributed by atoms with Gasteiger partial charge in [-0.15, -0.1) is 0 Å². The van der Waals surface area contributed by atoms with Crippen molar-refractivity contribution >= 4 is 11.6 Å². The quantitative estimate of drug-likeness (QED) is 0.479. The van der Waals surface area contributed by atoms with Crippen LogP contribution in [0.3, 0.4) is 0 Å². The maximum Gasteiger partial charge on any atom is 0.278 e. The van der Waals surface area contributed by atoms with Crippen molar-refractivity contribution in [1.29, 1.82) is 0 Å². The van der Waals surface area contributed by atoms with Crippen LogP contribution < -0.4 is 5.48 Å². The van der Waals surface area contributed by atoms with Crippen LogP contribution in [-0.4, -0.2) is 31.2 Å². The van der Waals surface area contributed by atoms with Gasteiger partial charge in [0.2, 0.25) is 0 Å².